The van der Waals surface area contributed by atoms with Crippen molar-refractivity contribution in [2.24, 2.45) is 0 Å². The summed E-state index contributed by atoms with van der Waals surface area (Å²) >= 11 is 0. The van der Waals surface area contributed by atoms with E-state index in [0.717, 1.165) is 36.8 Å². The van der Waals surface area contributed by atoms with Gasteiger partial charge < -0.3 is 14.8 Å². The molecule has 2 atom stereocenters. The van der Waals surface area contributed by atoms with E-state index < -0.39 is 16.1 Å². The summed E-state index contributed by atoms with van der Waals surface area (Å²) in [4.78, 5) is 12.7. The highest BCUT2D eigenvalue weighted by Gasteiger charge is 2.25. The molecule has 8 heteroatoms. The number of fused-ring (bicyclic) bond motifs is 1. The van der Waals surface area contributed by atoms with E-state index >= 15 is 0 Å². The Balaban J connectivity index is 1.63. The van der Waals surface area contributed by atoms with Crippen LogP contribution in [0.3, 0.4) is 0 Å². The number of sulfonamides is 1. The fourth-order valence-electron chi connectivity index (χ4n) is 3.54. The van der Waals surface area contributed by atoms with Gasteiger partial charge in [0.2, 0.25) is 10.0 Å². The first kappa shape index (κ1) is 22.0. The Morgan fingerprint density at radius 3 is 2.47 bits per heavy atom. The molecule has 0 saturated heterocycles. The second kappa shape index (κ2) is 8.95. The Bertz CT molecular complexity index is 1000. The Labute approximate surface area is 178 Å². The number of amides is 1. The summed E-state index contributed by atoms with van der Waals surface area (Å²) < 4.78 is 35.5. The Morgan fingerprint density at radius 1 is 1.17 bits per heavy atom. The van der Waals surface area contributed by atoms with Crippen molar-refractivity contribution < 1.29 is 22.7 Å². The van der Waals surface area contributed by atoms with Crippen LogP contribution in [0.25, 0.3) is 0 Å². The molecule has 0 fully saturated rings. The van der Waals surface area contributed by atoms with Crippen molar-refractivity contribution in [1.82, 2.24) is 5.32 Å². The molecule has 1 amide bonds. The van der Waals surface area contributed by atoms with Crippen molar-refractivity contribution in [3.8, 4) is 11.5 Å². The summed E-state index contributed by atoms with van der Waals surface area (Å²) in [6.45, 7) is 1.70. The van der Waals surface area contributed by atoms with Crippen LogP contribution in [-0.2, 0) is 21.2 Å². The number of hydrogen-bond donors (Lipinski definition) is 1. The molecule has 1 N–H and O–H groups in total. The summed E-state index contributed by atoms with van der Waals surface area (Å²) in [6.07, 6.45) is 3.30. The van der Waals surface area contributed by atoms with Gasteiger partial charge in [0.15, 0.2) is 6.10 Å². The van der Waals surface area contributed by atoms with E-state index in [-0.39, 0.29) is 11.9 Å². The third-order valence-electron chi connectivity index (χ3n) is 5.36. The number of anilines is 1. The number of nitrogens with zero attached hydrogens (tertiary/aromatic N) is 1. The molecule has 0 aliphatic heterocycles. The molecule has 0 bridgehead atoms. The van der Waals surface area contributed by atoms with Gasteiger partial charge in [-0.15, -0.1) is 0 Å². The first-order valence-corrected chi connectivity index (χ1v) is 11.7. The summed E-state index contributed by atoms with van der Waals surface area (Å²) in [7, 11) is -0.198. The lowest BCUT2D eigenvalue weighted by Gasteiger charge is -2.28. The molecule has 7 nitrogen and oxygen atoms in total. The molecule has 0 spiro atoms. The third kappa shape index (κ3) is 5.05. The number of benzene rings is 2. The van der Waals surface area contributed by atoms with E-state index in [1.54, 1.807) is 38.3 Å². The maximum atomic E-state index is 12.7. The van der Waals surface area contributed by atoms with Crippen LogP contribution in [0.15, 0.2) is 42.5 Å². The van der Waals surface area contributed by atoms with E-state index in [0.29, 0.717) is 11.4 Å². The van der Waals surface area contributed by atoms with Gasteiger partial charge in [-0.3, -0.25) is 9.10 Å². The molecule has 0 heterocycles. The Hall–Kier alpha value is -2.74. The number of rotatable bonds is 7. The van der Waals surface area contributed by atoms with Crippen molar-refractivity contribution in [2.45, 2.75) is 38.3 Å². The third-order valence-corrected chi connectivity index (χ3v) is 6.57. The molecular formula is C22H28N2O5S. The highest BCUT2D eigenvalue weighted by molar-refractivity contribution is 7.92. The molecule has 3 rings (SSSR count). The molecule has 2 aromatic carbocycles. The van der Waals surface area contributed by atoms with Crippen LogP contribution >= 0.6 is 0 Å². The molecule has 0 radical (unpaired) electrons. The van der Waals surface area contributed by atoms with Crippen LogP contribution in [0.1, 0.15) is 36.9 Å². The fraction of sp³-hybridized carbons (Fsp3) is 0.409. The standard InChI is InChI=1S/C22H28N2O5S/c1-15(29-18-10-8-17(9-11-18)24(2)30(4,26)27)22(25)23-21-7-5-6-16-14-19(28-3)12-13-20(16)21/h8-15,21H,5-7H2,1-4H3,(H,23,25)/t15-,21-/m0/s1. The summed E-state index contributed by atoms with van der Waals surface area (Å²) in [5, 5.41) is 3.09. The van der Waals surface area contributed by atoms with E-state index in [1.165, 1.54) is 16.9 Å². The molecule has 162 valence electrons. The van der Waals surface area contributed by atoms with Crippen LogP contribution in [0.2, 0.25) is 0 Å². The van der Waals surface area contributed by atoms with Gasteiger partial charge in [-0.25, -0.2) is 8.42 Å². The summed E-state index contributed by atoms with van der Waals surface area (Å²) in [5.41, 5.74) is 2.84. The van der Waals surface area contributed by atoms with E-state index in [4.69, 9.17) is 9.47 Å². The molecule has 30 heavy (non-hydrogen) atoms. The zero-order chi connectivity index (χ0) is 21.9. The van der Waals surface area contributed by atoms with E-state index in [2.05, 4.69) is 5.32 Å². The predicted molar refractivity (Wildman–Crippen MR) is 117 cm³/mol. The summed E-state index contributed by atoms with van der Waals surface area (Å²) in [6, 6.07) is 12.5. The molecule has 0 unspecified atom stereocenters. The zero-order valence-corrected chi connectivity index (χ0v) is 18.5. The number of ether oxygens (including phenoxy) is 2. The SMILES string of the molecule is COc1ccc2c(c1)CCC[C@@H]2NC(=O)[C@H](C)Oc1ccc(N(C)S(C)(=O)=O)cc1. The second-order valence-corrected chi connectivity index (χ2v) is 9.52. The van der Waals surface area contributed by atoms with E-state index in [9.17, 15) is 13.2 Å². The van der Waals surface area contributed by atoms with Crippen molar-refractivity contribution in [3.05, 3.63) is 53.6 Å². The predicted octanol–water partition coefficient (Wildman–Crippen LogP) is 3.05. The topological polar surface area (TPSA) is 84.9 Å². The number of carbonyl (C=O) groups is 1. The lowest BCUT2D eigenvalue weighted by atomic mass is 9.87. The molecule has 1 aliphatic rings. The van der Waals surface area contributed by atoms with Gasteiger partial charge in [-0.1, -0.05) is 6.07 Å². The number of hydrogen-bond acceptors (Lipinski definition) is 5. The molecular weight excluding hydrogens is 404 g/mol. The van der Waals surface area contributed by atoms with Gasteiger partial charge >= 0.3 is 0 Å². The van der Waals surface area contributed by atoms with Crippen LogP contribution < -0.4 is 19.1 Å². The first-order chi connectivity index (χ1) is 14.2. The normalized spacial score (nSPS) is 16.9. The minimum atomic E-state index is -3.33. The van der Waals surface area contributed by atoms with Crippen molar-refractivity contribution in [3.63, 3.8) is 0 Å². The summed E-state index contributed by atoms with van der Waals surface area (Å²) in [5.74, 6) is 1.13. The maximum Gasteiger partial charge on any atom is 0.261 e. The molecule has 0 saturated carbocycles. The van der Waals surface area contributed by atoms with Crippen LogP contribution in [0, 0.1) is 0 Å². The molecule has 2 aromatic rings. The van der Waals surface area contributed by atoms with Gasteiger partial charge in [0.05, 0.1) is 25.1 Å². The lowest BCUT2D eigenvalue weighted by molar-refractivity contribution is -0.128. The van der Waals surface area contributed by atoms with Crippen LogP contribution in [0.4, 0.5) is 5.69 Å². The Morgan fingerprint density at radius 2 is 1.83 bits per heavy atom. The van der Waals surface area contributed by atoms with Crippen molar-refractivity contribution in [2.75, 3.05) is 24.7 Å². The second-order valence-electron chi connectivity index (χ2n) is 7.50. The van der Waals surface area contributed by atoms with Gasteiger partial charge in [-0.05, 0) is 73.7 Å². The van der Waals surface area contributed by atoms with Gasteiger partial charge in [0, 0.05) is 7.05 Å². The van der Waals surface area contributed by atoms with Gasteiger partial charge in [-0.2, -0.15) is 0 Å². The number of carbonyl (C=O) groups excluding carboxylic acids is 1. The minimum Gasteiger partial charge on any atom is -0.497 e. The largest absolute Gasteiger partial charge is 0.497 e. The smallest absolute Gasteiger partial charge is 0.261 e. The first-order valence-electron chi connectivity index (χ1n) is 9.87. The molecule has 1 aliphatic carbocycles. The van der Waals surface area contributed by atoms with Gasteiger partial charge in [0.25, 0.3) is 5.91 Å². The maximum absolute atomic E-state index is 12.7. The minimum absolute atomic E-state index is 0.0519. The van der Waals surface area contributed by atoms with Crippen molar-refractivity contribution in [1.29, 1.82) is 0 Å². The highest BCUT2D eigenvalue weighted by atomic mass is 32.2. The van der Waals surface area contributed by atoms with Gasteiger partial charge in [0.1, 0.15) is 11.5 Å². The Kier molecular flexibility index (Phi) is 6.55. The van der Waals surface area contributed by atoms with Crippen LogP contribution in [-0.4, -0.2) is 40.8 Å². The van der Waals surface area contributed by atoms with Crippen molar-refractivity contribution >= 4 is 21.6 Å². The number of aryl methyl sites for hydroxylation is 1. The highest BCUT2D eigenvalue weighted by Crippen LogP contribution is 2.32. The quantitative estimate of drug-likeness (QED) is 0.727. The number of methoxy groups -OCH3 is 1. The average Bonchev–Trinajstić information content (AvgIpc) is 2.72. The lowest BCUT2D eigenvalue weighted by Crippen LogP contribution is -2.39. The monoisotopic (exact) mass is 432 g/mol. The van der Waals surface area contributed by atoms with E-state index in [1.807, 2.05) is 18.2 Å². The zero-order valence-electron chi connectivity index (χ0n) is 17.7. The number of nitrogens with one attached hydrogen (secondary N) is 1. The fourth-order valence-corrected chi connectivity index (χ4v) is 4.05. The average molecular weight is 433 g/mol. The molecule has 0 aromatic heterocycles. The van der Waals surface area contributed by atoms with Crippen LogP contribution in [0.5, 0.6) is 11.5 Å².